The van der Waals surface area contributed by atoms with Crippen molar-refractivity contribution < 1.29 is 0 Å². The summed E-state index contributed by atoms with van der Waals surface area (Å²) in [5.74, 6) is 0.976. The Bertz CT molecular complexity index is 900. The number of hydrogen-bond acceptors (Lipinski definition) is 1. The summed E-state index contributed by atoms with van der Waals surface area (Å²) in [6.07, 6.45) is 2.23. The second-order valence-electron chi connectivity index (χ2n) is 8.30. The fourth-order valence-corrected chi connectivity index (χ4v) is 4.54. The van der Waals surface area contributed by atoms with Gasteiger partial charge in [0.25, 0.3) is 0 Å². The van der Waals surface area contributed by atoms with E-state index in [2.05, 4.69) is 111 Å². The van der Waals surface area contributed by atoms with Crippen LogP contribution in [0.3, 0.4) is 0 Å². The summed E-state index contributed by atoms with van der Waals surface area (Å²) in [5.41, 5.74) is 7.04. The van der Waals surface area contributed by atoms with Gasteiger partial charge in [0.1, 0.15) is 0 Å². The molecule has 2 aromatic carbocycles. The first-order chi connectivity index (χ1) is 13.0. The van der Waals surface area contributed by atoms with Gasteiger partial charge < -0.3 is 9.29 Å². The fourth-order valence-electron chi connectivity index (χ4n) is 4.54. The predicted molar refractivity (Wildman–Crippen MR) is 117 cm³/mol. The molecule has 0 spiro atoms. The average molecular weight is 356 g/mol. The molecule has 1 atom stereocenters. The van der Waals surface area contributed by atoms with E-state index in [1.54, 1.807) is 0 Å². The van der Waals surface area contributed by atoms with Crippen molar-refractivity contribution in [3.8, 4) is 0 Å². The molecule has 1 aliphatic heterocycles. The highest BCUT2D eigenvalue weighted by molar-refractivity contribution is 6.76. The van der Waals surface area contributed by atoms with Crippen LogP contribution in [0.15, 0.2) is 66.9 Å². The molecule has 1 aliphatic rings. The lowest BCUT2D eigenvalue weighted by molar-refractivity contribution is 0.774. The lowest BCUT2D eigenvalue weighted by atomic mass is 9.65. The van der Waals surface area contributed by atoms with Crippen LogP contribution >= 0.6 is 0 Å². The number of anilines is 1. The zero-order valence-electron chi connectivity index (χ0n) is 17.1. The molecule has 4 rings (SSSR count). The predicted octanol–water partition coefficient (Wildman–Crippen LogP) is 5.56. The van der Waals surface area contributed by atoms with E-state index in [-0.39, 0.29) is 6.98 Å². The van der Waals surface area contributed by atoms with Crippen LogP contribution in [0.2, 0.25) is 0 Å². The number of rotatable bonds is 4. The van der Waals surface area contributed by atoms with Crippen LogP contribution in [0.25, 0.3) is 0 Å². The first-order valence-electron chi connectivity index (χ1n) is 10.1. The van der Waals surface area contributed by atoms with Crippen molar-refractivity contribution in [2.24, 2.45) is 0 Å². The Morgan fingerprint density at radius 1 is 0.778 bits per heavy atom. The lowest BCUT2D eigenvalue weighted by Crippen LogP contribution is -2.50. The average Bonchev–Trinajstić information content (AvgIpc) is 3.23. The highest BCUT2D eigenvalue weighted by Crippen LogP contribution is 2.42. The van der Waals surface area contributed by atoms with Gasteiger partial charge in [0, 0.05) is 11.4 Å². The van der Waals surface area contributed by atoms with Crippen molar-refractivity contribution in [3.63, 3.8) is 0 Å². The van der Waals surface area contributed by atoms with Gasteiger partial charge in [-0.05, 0) is 53.7 Å². The SMILES string of the molecule is CC(C)c1cccc(C(C)C)c1N1B(c2ccccc2)n2cccc2[C@@H]1C. The lowest BCUT2D eigenvalue weighted by Gasteiger charge is -2.35. The minimum absolute atomic E-state index is 0.198. The molecule has 0 N–H and O–H groups in total. The second kappa shape index (κ2) is 6.96. The molecule has 138 valence electrons. The van der Waals surface area contributed by atoms with Gasteiger partial charge in [0.05, 0.1) is 6.04 Å². The Balaban J connectivity index is 1.97. The highest BCUT2D eigenvalue weighted by Gasteiger charge is 2.42. The number of nitrogens with zero attached hydrogens (tertiary/aromatic N) is 2. The molecule has 0 fully saturated rings. The third kappa shape index (κ3) is 2.90. The van der Waals surface area contributed by atoms with Crippen LogP contribution in [0, 0.1) is 0 Å². The minimum Gasteiger partial charge on any atom is -0.383 e. The van der Waals surface area contributed by atoms with Crippen molar-refractivity contribution in [3.05, 3.63) is 83.7 Å². The molecule has 0 radical (unpaired) electrons. The first-order valence-corrected chi connectivity index (χ1v) is 10.1. The van der Waals surface area contributed by atoms with Crippen molar-refractivity contribution in [1.29, 1.82) is 0 Å². The van der Waals surface area contributed by atoms with Crippen molar-refractivity contribution in [2.75, 3.05) is 4.81 Å². The first kappa shape index (κ1) is 18.0. The third-order valence-corrected chi connectivity index (χ3v) is 5.88. The number of benzene rings is 2. The zero-order valence-corrected chi connectivity index (χ0v) is 17.1. The molecule has 2 heterocycles. The van der Waals surface area contributed by atoms with Crippen LogP contribution in [0.4, 0.5) is 5.69 Å². The number of hydrogen-bond donors (Lipinski definition) is 0. The number of para-hydroxylation sites is 1. The Morgan fingerprint density at radius 3 is 2.00 bits per heavy atom. The molecular weight excluding hydrogens is 327 g/mol. The molecule has 3 aromatic rings. The van der Waals surface area contributed by atoms with Gasteiger partial charge in [-0.25, -0.2) is 0 Å². The maximum absolute atomic E-state index is 2.65. The summed E-state index contributed by atoms with van der Waals surface area (Å²) in [5, 5.41) is 0. The van der Waals surface area contributed by atoms with Crippen LogP contribution in [-0.2, 0) is 0 Å². The maximum atomic E-state index is 2.65. The number of aromatic nitrogens is 1. The normalized spacial score (nSPS) is 16.5. The van der Waals surface area contributed by atoms with Crippen LogP contribution in [0.5, 0.6) is 0 Å². The van der Waals surface area contributed by atoms with Gasteiger partial charge >= 0.3 is 6.98 Å². The van der Waals surface area contributed by atoms with Gasteiger partial charge in [-0.2, -0.15) is 0 Å². The van der Waals surface area contributed by atoms with E-state index in [1.807, 2.05) is 0 Å². The van der Waals surface area contributed by atoms with Crippen LogP contribution < -0.4 is 10.3 Å². The Kier molecular flexibility index (Phi) is 4.63. The van der Waals surface area contributed by atoms with Gasteiger partial charge in [0.15, 0.2) is 0 Å². The smallest absolute Gasteiger partial charge is 0.383 e. The molecule has 2 nitrogen and oxygen atoms in total. The Labute approximate surface area is 164 Å². The highest BCUT2D eigenvalue weighted by atomic mass is 15.3. The topological polar surface area (TPSA) is 8.17 Å². The van der Waals surface area contributed by atoms with Crippen LogP contribution in [0.1, 0.15) is 69.3 Å². The molecule has 0 unspecified atom stereocenters. The van der Waals surface area contributed by atoms with Gasteiger partial charge in [0.2, 0.25) is 0 Å². The summed E-state index contributed by atoms with van der Waals surface area (Å²) in [4.78, 5) is 2.65. The van der Waals surface area contributed by atoms with Crippen molar-refractivity contribution in [2.45, 2.75) is 52.5 Å². The quantitative estimate of drug-likeness (QED) is 0.556. The van der Waals surface area contributed by atoms with Crippen molar-refractivity contribution in [1.82, 2.24) is 4.48 Å². The summed E-state index contributed by atoms with van der Waals surface area (Å²) in [7, 11) is 0. The van der Waals surface area contributed by atoms with Crippen molar-refractivity contribution >= 4 is 18.1 Å². The van der Waals surface area contributed by atoms with E-state index in [9.17, 15) is 0 Å². The summed E-state index contributed by atoms with van der Waals surface area (Å²) >= 11 is 0. The van der Waals surface area contributed by atoms with E-state index >= 15 is 0 Å². The Hall–Kier alpha value is -2.42. The molecule has 0 aliphatic carbocycles. The van der Waals surface area contributed by atoms with E-state index in [0.29, 0.717) is 17.9 Å². The minimum atomic E-state index is 0.198. The number of fused-ring (bicyclic) bond motifs is 1. The largest absolute Gasteiger partial charge is 0.415 e. The monoisotopic (exact) mass is 356 g/mol. The molecule has 3 heteroatoms. The van der Waals surface area contributed by atoms with E-state index in [1.165, 1.54) is 28.0 Å². The zero-order chi connectivity index (χ0) is 19.1. The van der Waals surface area contributed by atoms with Gasteiger partial charge in [-0.15, -0.1) is 0 Å². The van der Waals surface area contributed by atoms with E-state index < -0.39 is 0 Å². The second-order valence-corrected chi connectivity index (χ2v) is 8.30. The molecular formula is C24H29BN2. The third-order valence-electron chi connectivity index (χ3n) is 5.88. The summed E-state index contributed by atoms with van der Waals surface area (Å²) in [6.45, 7) is 11.8. The Morgan fingerprint density at radius 2 is 1.41 bits per heavy atom. The van der Waals surface area contributed by atoms with Gasteiger partial charge in [-0.1, -0.05) is 76.2 Å². The molecule has 27 heavy (non-hydrogen) atoms. The van der Waals surface area contributed by atoms with Gasteiger partial charge in [-0.3, -0.25) is 0 Å². The molecule has 0 bridgehead atoms. The molecule has 0 saturated heterocycles. The fraction of sp³-hybridized carbons (Fsp3) is 0.333. The summed E-state index contributed by atoms with van der Waals surface area (Å²) in [6, 6.07) is 22.6. The molecule has 0 saturated carbocycles. The molecule has 1 aromatic heterocycles. The van der Waals surface area contributed by atoms with E-state index in [0.717, 1.165) is 0 Å². The standard InChI is InChI=1S/C24H29BN2/c1-17(2)21-13-9-14-22(18(3)4)24(21)27-19(5)23-15-10-16-26(23)25(27)20-11-7-6-8-12-20/h6-19H,1-5H3/t19-/m0/s1. The maximum Gasteiger partial charge on any atom is 0.415 e. The van der Waals surface area contributed by atoms with E-state index in [4.69, 9.17) is 0 Å². The molecule has 0 amide bonds. The van der Waals surface area contributed by atoms with Crippen LogP contribution in [-0.4, -0.2) is 11.5 Å². The summed E-state index contributed by atoms with van der Waals surface area (Å²) < 4.78 is 2.45.